The lowest BCUT2D eigenvalue weighted by Gasteiger charge is -2.16. The molecule has 21 heavy (non-hydrogen) atoms. The minimum atomic E-state index is -0.287. The Labute approximate surface area is 124 Å². The molecule has 0 spiro atoms. The zero-order chi connectivity index (χ0) is 15.1. The molecule has 0 saturated carbocycles. The molecule has 4 nitrogen and oxygen atoms in total. The van der Waals surface area contributed by atoms with E-state index in [1.165, 1.54) is 0 Å². The van der Waals surface area contributed by atoms with Gasteiger partial charge in [0.15, 0.2) is 0 Å². The summed E-state index contributed by atoms with van der Waals surface area (Å²) >= 11 is 0. The van der Waals surface area contributed by atoms with Crippen molar-refractivity contribution < 1.29 is 9.90 Å². The van der Waals surface area contributed by atoms with Gasteiger partial charge >= 0.3 is 0 Å². The standard InChI is InChI=1S/C17H20N2O2/c18-16-9-5-4-8-14(16)11-17(21)19-15(12-20)10-13-6-2-1-3-7-13/h1-9,15,20H,10-12,18H2,(H,19,21)/t15-/m1/s1. The summed E-state index contributed by atoms with van der Waals surface area (Å²) in [7, 11) is 0. The third kappa shape index (κ3) is 4.61. The number of benzene rings is 2. The normalized spacial score (nSPS) is 11.9. The second kappa shape index (κ2) is 7.45. The average molecular weight is 284 g/mol. The Kier molecular flexibility index (Phi) is 5.35. The van der Waals surface area contributed by atoms with E-state index in [9.17, 15) is 9.90 Å². The number of carbonyl (C=O) groups is 1. The number of aliphatic hydroxyl groups is 1. The van der Waals surface area contributed by atoms with Gasteiger partial charge in [0, 0.05) is 5.69 Å². The van der Waals surface area contributed by atoms with Gasteiger partial charge in [0.2, 0.25) is 5.91 Å². The second-order valence-electron chi connectivity index (χ2n) is 5.01. The molecular weight excluding hydrogens is 264 g/mol. The quantitative estimate of drug-likeness (QED) is 0.704. The Hall–Kier alpha value is -2.33. The first kappa shape index (κ1) is 15.1. The predicted molar refractivity (Wildman–Crippen MR) is 83.7 cm³/mol. The van der Waals surface area contributed by atoms with Gasteiger partial charge in [-0.3, -0.25) is 4.79 Å². The summed E-state index contributed by atoms with van der Waals surface area (Å²) in [5.41, 5.74) is 8.31. The molecule has 0 aliphatic rings. The van der Waals surface area contributed by atoms with Crippen molar-refractivity contribution in [3.8, 4) is 0 Å². The third-order valence-electron chi connectivity index (χ3n) is 3.32. The van der Waals surface area contributed by atoms with E-state index in [0.717, 1.165) is 11.1 Å². The number of hydrogen-bond donors (Lipinski definition) is 3. The van der Waals surface area contributed by atoms with Crippen molar-refractivity contribution in [2.75, 3.05) is 12.3 Å². The molecule has 2 aromatic rings. The van der Waals surface area contributed by atoms with Gasteiger partial charge in [-0.1, -0.05) is 48.5 Å². The molecule has 0 bridgehead atoms. The molecule has 4 N–H and O–H groups in total. The summed E-state index contributed by atoms with van der Waals surface area (Å²) in [6, 6.07) is 16.8. The van der Waals surface area contributed by atoms with Crippen LogP contribution in [0.15, 0.2) is 54.6 Å². The van der Waals surface area contributed by atoms with Crippen LogP contribution in [0, 0.1) is 0 Å². The van der Waals surface area contributed by atoms with E-state index in [2.05, 4.69) is 5.32 Å². The van der Waals surface area contributed by atoms with Crippen molar-refractivity contribution in [3.63, 3.8) is 0 Å². The lowest BCUT2D eigenvalue weighted by atomic mass is 10.1. The Balaban J connectivity index is 1.92. The van der Waals surface area contributed by atoms with Crippen LogP contribution in [0.2, 0.25) is 0 Å². The highest BCUT2D eigenvalue weighted by Crippen LogP contribution is 2.11. The molecule has 0 aliphatic heterocycles. The first-order valence-corrected chi connectivity index (χ1v) is 6.96. The van der Waals surface area contributed by atoms with Crippen LogP contribution in [0.1, 0.15) is 11.1 Å². The lowest BCUT2D eigenvalue weighted by molar-refractivity contribution is -0.121. The largest absolute Gasteiger partial charge is 0.398 e. The van der Waals surface area contributed by atoms with Crippen molar-refractivity contribution in [1.29, 1.82) is 0 Å². The first-order chi connectivity index (χ1) is 10.2. The monoisotopic (exact) mass is 284 g/mol. The van der Waals surface area contributed by atoms with Crippen molar-refractivity contribution >= 4 is 11.6 Å². The number of rotatable bonds is 6. The van der Waals surface area contributed by atoms with Crippen molar-refractivity contribution in [2.24, 2.45) is 0 Å². The summed E-state index contributed by atoms with van der Waals surface area (Å²) < 4.78 is 0. The third-order valence-corrected chi connectivity index (χ3v) is 3.32. The molecule has 2 aromatic carbocycles. The SMILES string of the molecule is Nc1ccccc1CC(=O)N[C@@H](CO)Cc1ccccc1. The number of aliphatic hydroxyl groups excluding tert-OH is 1. The fourth-order valence-corrected chi connectivity index (χ4v) is 2.21. The average Bonchev–Trinajstić information content (AvgIpc) is 2.50. The molecular formula is C17H20N2O2. The molecule has 2 rings (SSSR count). The van der Waals surface area contributed by atoms with E-state index < -0.39 is 0 Å². The summed E-state index contributed by atoms with van der Waals surface area (Å²) in [4.78, 5) is 12.0. The molecule has 1 amide bonds. The number of nitrogen functional groups attached to an aromatic ring is 1. The second-order valence-corrected chi connectivity index (χ2v) is 5.01. The Morgan fingerprint density at radius 1 is 1.10 bits per heavy atom. The van der Waals surface area contributed by atoms with E-state index in [1.54, 1.807) is 6.07 Å². The fraction of sp³-hybridized carbons (Fsp3) is 0.235. The van der Waals surface area contributed by atoms with Crippen LogP contribution >= 0.6 is 0 Å². The maximum atomic E-state index is 12.0. The number of hydrogen-bond acceptors (Lipinski definition) is 3. The van der Waals surface area contributed by atoms with Crippen molar-refractivity contribution in [1.82, 2.24) is 5.32 Å². The van der Waals surface area contributed by atoms with Crippen LogP contribution in [0.25, 0.3) is 0 Å². The number of carbonyl (C=O) groups excluding carboxylic acids is 1. The smallest absolute Gasteiger partial charge is 0.224 e. The Morgan fingerprint density at radius 2 is 1.76 bits per heavy atom. The highest BCUT2D eigenvalue weighted by atomic mass is 16.3. The fourth-order valence-electron chi connectivity index (χ4n) is 2.21. The molecule has 0 saturated heterocycles. The van der Waals surface area contributed by atoms with E-state index in [1.807, 2.05) is 48.5 Å². The van der Waals surface area contributed by atoms with Gasteiger partial charge in [0.25, 0.3) is 0 Å². The van der Waals surface area contributed by atoms with Crippen molar-refractivity contribution in [2.45, 2.75) is 18.9 Å². The van der Waals surface area contributed by atoms with Crippen LogP contribution in [-0.2, 0) is 17.6 Å². The van der Waals surface area contributed by atoms with Gasteiger partial charge < -0.3 is 16.2 Å². The van der Waals surface area contributed by atoms with Gasteiger partial charge in [-0.25, -0.2) is 0 Å². The molecule has 0 fully saturated rings. The molecule has 0 aliphatic carbocycles. The number of nitrogens with two attached hydrogens (primary N) is 1. The highest BCUT2D eigenvalue weighted by molar-refractivity contribution is 5.80. The number of para-hydroxylation sites is 1. The Morgan fingerprint density at radius 3 is 2.43 bits per heavy atom. The number of nitrogens with one attached hydrogen (secondary N) is 1. The summed E-state index contributed by atoms with van der Waals surface area (Å²) in [5.74, 6) is -0.136. The molecule has 0 heterocycles. The summed E-state index contributed by atoms with van der Waals surface area (Å²) in [5, 5.41) is 12.3. The summed E-state index contributed by atoms with van der Waals surface area (Å²) in [6.07, 6.45) is 0.825. The number of anilines is 1. The molecule has 4 heteroatoms. The van der Waals surface area contributed by atoms with Crippen LogP contribution < -0.4 is 11.1 Å². The van der Waals surface area contributed by atoms with E-state index in [4.69, 9.17) is 5.73 Å². The van der Waals surface area contributed by atoms with Crippen molar-refractivity contribution in [3.05, 3.63) is 65.7 Å². The maximum absolute atomic E-state index is 12.0. The molecule has 0 unspecified atom stereocenters. The van der Waals surface area contributed by atoms with E-state index in [0.29, 0.717) is 12.1 Å². The van der Waals surface area contributed by atoms with Gasteiger partial charge in [0.1, 0.15) is 0 Å². The van der Waals surface area contributed by atoms with Crippen LogP contribution in [0.4, 0.5) is 5.69 Å². The Bertz CT molecular complexity index is 584. The van der Waals surface area contributed by atoms with Gasteiger partial charge in [-0.15, -0.1) is 0 Å². The van der Waals surface area contributed by atoms with Gasteiger partial charge in [0.05, 0.1) is 19.1 Å². The minimum absolute atomic E-state index is 0.0924. The summed E-state index contributed by atoms with van der Waals surface area (Å²) in [6.45, 7) is -0.0924. The van der Waals surface area contributed by atoms with Gasteiger partial charge in [-0.2, -0.15) is 0 Å². The molecule has 0 radical (unpaired) electrons. The molecule has 110 valence electrons. The predicted octanol–water partition coefficient (Wildman–Crippen LogP) is 1.53. The zero-order valence-electron chi connectivity index (χ0n) is 11.8. The first-order valence-electron chi connectivity index (χ1n) is 6.96. The zero-order valence-corrected chi connectivity index (χ0v) is 11.8. The number of amides is 1. The molecule has 0 aromatic heterocycles. The molecule has 1 atom stereocenters. The minimum Gasteiger partial charge on any atom is -0.398 e. The van der Waals surface area contributed by atoms with Gasteiger partial charge in [-0.05, 0) is 23.6 Å². The highest BCUT2D eigenvalue weighted by Gasteiger charge is 2.13. The lowest BCUT2D eigenvalue weighted by Crippen LogP contribution is -2.40. The van der Waals surface area contributed by atoms with Crippen LogP contribution in [-0.4, -0.2) is 23.7 Å². The van der Waals surface area contributed by atoms with Crippen LogP contribution in [0.5, 0.6) is 0 Å². The topological polar surface area (TPSA) is 75.4 Å². The maximum Gasteiger partial charge on any atom is 0.224 e. The van der Waals surface area contributed by atoms with E-state index in [-0.39, 0.29) is 25.0 Å². The van der Waals surface area contributed by atoms with E-state index >= 15 is 0 Å². The van der Waals surface area contributed by atoms with Crippen LogP contribution in [0.3, 0.4) is 0 Å².